The van der Waals surface area contributed by atoms with Crippen LogP contribution < -0.4 is 5.32 Å². The molecular weight excluding hydrogens is 218 g/mol. The largest absolute Gasteiger partial charge is 0.303 e. The van der Waals surface area contributed by atoms with Crippen molar-refractivity contribution >= 4 is 11.3 Å². The summed E-state index contributed by atoms with van der Waals surface area (Å²) in [5, 5.41) is 12.6. The first kappa shape index (κ1) is 11.4. The number of nitrogens with one attached hydrogen (secondary N) is 2. The Morgan fingerprint density at radius 2 is 2.31 bits per heavy atom. The molecule has 0 fully saturated rings. The van der Waals surface area contributed by atoms with E-state index in [4.69, 9.17) is 0 Å². The molecule has 2 aromatic heterocycles. The molecule has 1 atom stereocenters. The zero-order valence-electron chi connectivity index (χ0n) is 9.60. The number of nitrogens with zero attached hydrogens (tertiary/aromatic N) is 1. The summed E-state index contributed by atoms with van der Waals surface area (Å²) in [5.41, 5.74) is 1.13. The molecule has 2 N–H and O–H groups in total. The Labute approximate surface area is 99.9 Å². The lowest BCUT2D eigenvalue weighted by Crippen LogP contribution is -2.24. The first-order valence-electron chi connectivity index (χ1n) is 5.52. The van der Waals surface area contributed by atoms with E-state index in [2.05, 4.69) is 46.9 Å². The highest BCUT2D eigenvalue weighted by Gasteiger charge is 2.15. The van der Waals surface area contributed by atoms with E-state index in [0.717, 1.165) is 12.2 Å². The molecule has 0 saturated carbocycles. The molecule has 0 radical (unpaired) electrons. The Morgan fingerprint density at radius 1 is 1.44 bits per heavy atom. The molecule has 1 unspecified atom stereocenters. The van der Waals surface area contributed by atoms with Gasteiger partial charge in [-0.05, 0) is 23.4 Å². The van der Waals surface area contributed by atoms with Crippen LogP contribution in [0.15, 0.2) is 29.8 Å². The minimum atomic E-state index is 0.420. The smallest absolute Gasteiger partial charge is 0.0490 e. The fraction of sp³-hybridized carbons (Fsp3) is 0.417. The lowest BCUT2D eigenvalue weighted by atomic mass is 10.0. The molecule has 0 spiro atoms. The van der Waals surface area contributed by atoms with Gasteiger partial charge in [-0.3, -0.25) is 5.10 Å². The van der Waals surface area contributed by atoms with Crippen molar-refractivity contribution in [3.63, 3.8) is 0 Å². The molecule has 0 aliphatic carbocycles. The van der Waals surface area contributed by atoms with Gasteiger partial charge in [0.2, 0.25) is 0 Å². The summed E-state index contributed by atoms with van der Waals surface area (Å²) < 4.78 is 0. The summed E-state index contributed by atoms with van der Waals surface area (Å²) in [6, 6.07) is 6.71. The molecule has 2 heterocycles. The molecule has 0 aliphatic rings. The zero-order chi connectivity index (χ0) is 11.4. The summed E-state index contributed by atoms with van der Waals surface area (Å²) >= 11 is 1.81. The van der Waals surface area contributed by atoms with Gasteiger partial charge in [0, 0.05) is 29.4 Å². The fourth-order valence-corrected chi connectivity index (χ4v) is 2.71. The summed E-state index contributed by atoms with van der Waals surface area (Å²) in [4.78, 5) is 1.40. The van der Waals surface area contributed by atoms with Gasteiger partial charge in [-0.1, -0.05) is 19.9 Å². The Morgan fingerprint density at radius 3 is 2.88 bits per heavy atom. The molecule has 2 aromatic rings. The predicted molar refractivity (Wildman–Crippen MR) is 67.3 cm³/mol. The van der Waals surface area contributed by atoms with E-state index in [1.54, 1.807) is 6.20 Å². The molecule has 0 amide bonds. The number of hydrogen-bond acceptors (Lipinski definition) is 3. The van der Waals surface area contributed by atoms with Crippen molar-refractivity contribution in [3.05, 3.63) is 40.3 Å². The maximum Gasteiger partial charge on any atom is 0.0490 e. The molecule has 16 heavy (non-hydrogen) atoms. The number of aromatic amines is 1. The third-order valence-electron chi connectivity index (χ3n) is 2.59. The first-order valence-corrected chi connectivity index (χ1v) is 6.40. The molecule has 2 rings (SSSR count). The highest BCUT2D eigenvalue weighted by atomic mass is 32.1. The van der Waals surface area contributed by atoms with Crippen molar-refractivity contribution in [3.8, 4) is 0 Å². The SMILES string of the molecule is CC(C)C(NCc1ccn[nH]1)c1cccs1. The average molecular weight is 235 g/mol. The molecule has 86 valence electrons. The third kappa shape index (κ3) is 2.71. The average Bonchev–Trinajstić information content (AvgIpc) is 2.88. The summed E-state index contributed by atoms with van der Waals surface area (Å²) in [6.45, 7) is 5.31. The zero-order valence-corrected chi connectivity index (χ0v) is 10.4. The van der Waals surface area contributed by atoms with Gasteiger partial charge in [0.15, 0.2) is 0 Å². The third-order valence-corrected chi connectivity index (χ3v) is 3.54. The van der Waals surface area contributed by atoms with Crippen LogP contribution in [0.2, 0.25) is 0 Å². The Hall–Kier alpha value is -1.13. The monoisotopic (exact) mass is 235 g/mol. The highest BCUT2D eigenvalue weighted by Crippen LogP contribution is 2.25. The van der Waals surface area contributed by atoms with Gasteiger partial charge in [-0.25, -0.2) is 0 Å². The minimum absolute atomic E-state index is 0.420. The number of rotatable bonds is 5. The molecule has 0 aromatic carbocycles. The number of aromatic nitrogens is 2. The molecule has 0 saturated heterocycles. The predicted octanol–water partition coefficient (Wildman–Crippen LogP) is 2.96. The molecule has 3 nitrogen and oxygen atoms in total. The van der Waals surface area contributed by atoms with Gasteiger partial charge in [0.1, 0.15) is 0 Å². The van der Waals surface area contributed by atoms with Crippen LogP contribution in [0.4, 0.5) is 0 Å². The van der Waals surface area contributed by atoms with Gasteiger partial charge in [-0.15, -0.1) is 11.3 Å². The van der Waals surface area contributed by atoms with Gasteiger partial charge in [-0.2, -0.15) is 5.10 Å². The lowest BCUT2D eigenvalue weighted by Gasteiger charge is -2.20. The number of thiophene rings is 1. The van der Waals surface area contributed by atoms with Crippen LogP contribution in [0.5, 0.6) is 0 Å². The Bertz CT molecular complexity index is 392. The van der Waals surface area contributed by atoms with E-state index in [1.165, 1.54) is 4.88 Å². The van der Waals surface area contributed by atoms with E-state index in [9.17, 15) is 0 Å². The van der Waals surface area contributed by atoms with Gasteiger partial charge < -0.3 is 5.32 Å². The van der Waals surface area contributed by atoms with Crippen molar-refractivity contribution in [1.82, 2.24) is 15.5 Å². The second-order valence-electron chi connectivity index (χ2n) is 4.20. The summed E-state index contributed by atoms with van der Waals surface area (Å²) in [5.74, 6) is 0.585. The quantitative estimate of drug-likeness (QED) is 0.836. The maximum atomic E-state index is 3.95. The molecular formula is C12H17N3S. The van der Waals surface area contributed by atoms with Crippen LogP contribution in [0.25, 0.3) is 0 Å². The normalized spacial score (nSPS) is 13.2. The second kappa shape index (κ2) is 5.27. The second-order valence-corrected chi connectivity index (χ2v) is 5.18. The van der Waals surface area contributed by atoms with Crippen LogP contribution in [0, 0.1) is 5.92 Å². The Balaban J connectivity index is 1.99. The van der Waals surface area contributed by atoms with Crippen LogP contribution in [0.1, 0.15) is 30.5 Å². The topological polar surface area (TPSA) is 40.7 Å². The van der Waals surface area contributed by atoms with E-state index < -0.39 is 0 Å². The maximum absolute atomic E-state index is 3.95. The van der Waals surface area contributed by atoms with Gasteiger partial charge >= 0.3 is 0 Å². The van der Waals surface area contributed by atoms with Crippen molar-refractivity contribution in [1.29, 1.82) is 0 Å². The number of H-pyrrole nitrogens is 1. The van der Waals surface area contributed by atoms with Gasteiger partial charge in [0.05, 0.1) is 0 Å². The molecule has 4 heteroatoms. The van der Waals surface area contributed by atoms with Crippen LogP contribution >= 0.6 is 11.3 Å². The highest BCUT2D eigenvalue weighted by molar-refractivity contribution is 7.10. The van der Waals surface area contributed by atoms with Crippen LogP contribution in [0.3, 0.4) is 0 Å². The van der Waals surface area contributed by atoms with E-state index in [-0.39, 0.29) is 0 Å². The fourth-order valence-electron chi connectivity index (χ4n) is 1.74. The van der Waals surface area contributed by atoms with Crippen molar-refractivity contribution in [2.75, 3.05) is 0 Å². The molecule has 0 aliphatic heterocycles. The van der Waals surface area contributed by atoms with E-state index >= 15 is 0 Å². The first-order chi connectivity index (χ1) is 7.77. The Kier molecular flexibility index (Phi) is 3.74. The number of hydrogen-bond donors (Lipinski definition) is 2. The van der Waals surface area contributed by atoms with Crippen molar-refractivity contribution < 1.29 is 0 Å². The van der Waals surface area contributed by atoms with Crippen molar-refractivity contribution in [2.24, 2.45) is 5.92 Å². The van der Waals surface area contributed by atoms with Crippen LogP contribution in [-0.2, 0) is 6.54 Å². The lowest BCUT2D eigenvalue weighted by molar-refractivity contribution is 0.414. The summed E-state index contributed by atoms with van der Waals surface area (Å²) in [6.07, 6.45) is 1.78. The standard InChI is InChI=1S/C12H17N3S/c1-9(2)12(11-4-3-7-16-11)13-8-10-5-6-14-15-10/h3-7,9,12-13H,8H2,1-2H3,(H,14,15). The van der Waals surface area contributed by atoms with Crippen LogP contribution in [-0.4, -0.2) is 10.2 Å². The molecule has 0 bridgehead atoms. The van der Waals surface area contributed by atoms with E-state index in [0.29, 0.717) is 12.0 Å². The van der Waals surface area contributed by atoms with Gasteiger partial charge in [0.25, 0.3) is 0 Å². The minimum Gasteiger partial charge on any atom is -0.303 e. The van der Waals surface area contributed by atoms with E-state index in [1.807, 2.05) is 17.4 Å². The van der Waals surface area contributed by atoms with Crippen molar-refractivity contribution in [2.45, 2.75) is 26.4 Å². The summed E-state index contributed by atoms with van der Waals surface area (Å²) in [7, 11) is 0.